The SMILES string of the molecule is CC(C)n1ncc2ccc(-c3noc(N4CCN(C(=O)CC5CC5)CC4)n3)cc21. The minimum absolute atomic E-state index is 0.280. The maximum absolute atomic E-state index is 12.3. The summed E-state index contributed by atoms with van der Waals surface area (Å²) in [7, 11) is 0. The summed E-state index contributed by atoms with van der Waals surface area (Å²) >= 11 is 0. The van der Waals surface area contributed by atoms with Crippen molar-refractivity contribution < 1.29 is 9.32 Å². The molecule has 0 atom stereocenters. The van der Waals surface area contributed by atoms with Crippen molar-refractivity contribution in [2.75, 3.05) is 31.1 Å². The standard InChI is InChI=1S/C21H26N6O2/c1-14(2)27-18-12-16(5-6-17(18)13-22-27)20-23-21(29-24-20)26-9-7-25(8-10-26)19(28)11-15-3-4-15/h5-6,12-15H,3-4,7-11H2,1-2H3. The van der Waals surface area contributed by atoms with E-state index in [1.54, 1.807) is 0 Å². The van der Waals surface area contributed by atoms with Crippen LogP contribution in [0.1, 0.15) is 39.2 Å². The van der Waals surface area contributed by atoms with E-state index in [1.807, 2.05) is 27.9 Å². The van der Waals surface area contributed by atoms with Gasteiger partial charge < -0.3 is 14.3 Å². The van der Waals surface area contributed by atoms with Crippen molar-refractivity contribution in [3.05, 3.63) is 24.4 Å². The molecule has 1 aromatic carbocycles. The van der Waals surface area contributed by atoms with Gasteiger partial charge in [-0.15, -0.1) is 0 Å². The quantitative estimate of drug-likeness (QED) is 0.661. The fraction of sp³-hybridized carbons (Fsp3) is 0.524. The fourth-order valence-corrected chi connectivity index (χ4v) is 3.89. The van der Waals surface area contributed by atoms with Crippen LogP contribution in [0.2, 0.25) is 0 Å². The lowest BCUT2D eigenvalue weighted by Crippen LogP contribution is -2.49. The summed E-state index contributed by atoms with van der Waals surface area (Å²) < 4.78 is 7.54. The molecule has 2 fully saturated rings. The topological polar surface area (TPSA) is 80.3 Å². The van der Waals surface area contributed by atoms with Crippen LogP contribution in [0.15, 0.2) is 28.9 Å². The van der Waals surface area contributed by atoms with Gasteiger partial charge in [0.1, 0.15) is 0 Å². The number of nitrogens with zero attached hydrogens (tertiary/aromatic N) is 6. The third-order valence-corrected chi connectivity index (χ3v) is 5.82. The average molecular weight is 394 g/mol. The van der Waals surface area contributed by atoms with Gasteiger partial charge in [0.15, 0.2) is 0 Å². The molecule has 1 amide bonds. The second-order valence-corrected chi connectivity index (χ2v) is 8.37. The van der Waals surface area contributed by atoms with Gasteiger partial charge in [0.05, 0.1) is 11.7 Å². The Kier molecular flexibility index (Phi) is 4.49. The lowest BCUT2D eigenvalue weighted by Gasteiger charge is -2.33. The molecule has 8 nitrogen and oxygen atoms in total. The Bertz CT molecular complexity index is 1030. The Morgan fingerprint density at radius 1 is 1.21 bits per heavy atom. The monoisotopic (exact) mass is 394 g/mol. The molecular formula is C21H26N6O2. The first-order valence-electron chi connectivity index (χ1n) is 10.4. The first-order valence-corrected chi connectivity index (χ1v) is 10.4. The van der Waals surface area contributed by atoms with E-state index in [9.17, 15) is 4.79 Å². The predicted molar refractivity (Wildman–Crippen MR) is 110 cm³/mol. The number of anilines is 1. The normalized spacial score (nSPS) is 17.5. The molecule has 1 saturated heterocycles. The molecule has 3 heterocycles. The van der Waals surface area contributed by atoms with Crippen LogP contribution >= 0.6 is 0 Å². The Morgan fingerprint density at radius 2 is 2.00 bits per heavy atom. The van der Waals surface area contributed by atoms with Crippen LogP contribution in [0.25, 0.3) is 22.3 Å². The molecule has 29 heavy (non-hydrogen) atoms. The van der Waals surface area contributed by atoms with Gasteiger partial charge in [-0.2, -0.15) is 10.1 Å². The third-order valence-electron chi connectivity index (χ3n) is 5.82. The fourth-order valence-electron chi connectivity index (χ4n) is 3.89. The van der Waals surface area contributed by atoms with E-state index < -0.39 is 0 Å². The molecule has 8 heteroatoms. The van der Waals surface area contributed by atoms with Crippen molar-refractivity contribution in [2.24, 2.45) is 5.92 Å². The first kappa shape index (κ1) is 18.1. The second kappa shape index (κ2) is 7.17. The predicted octanol–water partition coefficient (Wildman–Crippen LogP) is 3.12. The van der Waals surface area contributed by atoms with Crippen LogP contribution in [-0.4, -0.2) is 56.9 Å². The van der Waals surface area contributed by atoms with Gasteiger partial charge in [-0.25, -0.2) is 0 Å². The molecule has 2 aromatic heterocycles. The molecule has 1 aliphatic carbocycles. The van der Waals surface area contributed by atoms with Crippen molar-refractivity contribution in [1.82, 2.24) is 24.8 Å². The molecule has 2 aliphatic rings. The molecule has 1 aliphatic heterocycles. The number of aromatic nitrogens is 4. The van der Waals surface area contributed by atoms with Crippen LogP contribution in [0, 0.1) is 5.92 Å². The molecule has 3 aromatic rings. The van der Waals surface area contributed by atoms with Crippen molar-refractivity contribution in [3.63, 3.8) is 0 Å². The molecule has 152 valence electrons. The highest BCUT2D eigenvalue weighted by molar-refractivity contribution is 5.83. The van der Waals surface area contributed by atoms with Crippen molar-refractivity contribution in [3.8, 4) is 11.4 Å². The number of carbonyl (C=O) groups is 1. The van der Waals surface area contributed by atoms with Gasteiger partial charge in [-0.1, -0.05) is 17.3 Å². The van der Waals surface area contributed by atoms with E-state index in [1.165, 1.54) is 12.8 Å². The zero-order valence-electron chi connectivity index (χ0n) is 16.9. The van der Waals surface area contributed by atoms with E-state index in [4.69, 9.17) is 4.52 Å². The number of rotatable bonds is 5. The number of hydrogen-bond donors (Lipinski definition) is 0. The number of carbonyl (C=O) groups excluding carboxylic acids is 1. The zero-order valence-corrected chi connectivity index (χ0v) is 16.9. The van der Waals surface area contributed by atoms with Gasteiger partial charge in [0.25, 0.3) is 0 Å². The van der Waals surface area contributed by atoms with Gasteiger partial charge in [0, 0.05) is 49.6 Å². The zero-order chi connectivity index (χ0) is 20.0. The second-order valence-electron chi connectivity index (χ2n) is 8.37. The average Bonchev–Trinajstić information content (AvgIpc) is 3.24. The largest absolute Gasteiger partial charge is 0.339 e. The molecule has 0 spiro atoms. The number of amides is 1. The maximum Gasteiger partial charge on any atom is 0.324 e. The Hall–Kier alpha value is -2.90. The minimum atomic E-state index is 0.280. The molecular weight excluding hydrogens is 368 g/mol. The highest BCUT2D eigenvalue weighted by Gasteiger charge is 2.29. The van der Waals surface area contributed by atoms with Crippen LogP contribution in [-0.2, 0) is 4.79 Å². The lowest BCUT2D eigenvalue weighted by atomic mass is 10.1. The number of benzene rings is 1. The minimum Gasteiger partial charge on any atom is -0.339 e. The van der Waals surface area contributed by atoms with Gasteiger partial charge in [-0.05, 0) is 38.7 Å². The van der Waals surface area contributed by atoms with E-state index in [2.05, 4.69) is 40.1 Å². The number of fused-ring (bicyclic) bond motifs is 1. The maximum atomic E-state index is 12.3. The molecule has 0 unspecified atom stereocenters. The number of hydrogen-bond acceptors (Lipinski definition) is 6. The van der Waals surface area contributed by atoms with Crippen molar-refractivity contribution in [1.29, 1.82) is 0 Å². The smallest absolute Gasteiger partial charge is 0.324 e. The summed E-state index contributed by atoms with van der Waals surface area (Å²) in [6.45, 7) is 7.08. The summed E-state index contributed by atoms with van der Waals surface area (Å²) in [5, 5.41) is 9.75. The van der Waals surface area contributed by atoms with E-state index in [0.717, 1.165) is 29.6 Å². The Labute approximate surface area is 169 Å². The molecule has 1 saturated carbocycles. The summed E-state index contributed by atoms with van der Waals surface area (Å²) in [5.74, 6) is 1.49. The van der Waals surface area contributed by atoms with E-state index in [0.29, 0.717) is 37.3 Å². The van der Waals surface area contributed by atoms with Crippen molar-refractivity contribution in [2.45, 2.75) is 39.2 Å². The van der Waals surface area contributed by atoms with Crippen molar-refractivity contribution >= 4 is 22.8 Å². The first-order chi connectivity index (χ1) is 14.1. The van der Waals surface area contributed by atoms with Gasteiger partial charge >= 0.3 is 6.01 Å². The van der Waals surface area contributed by atoms with E-state index in [-0.39, 0.29) is 11.9 Å². The number of piperazine rings is 1. The van der Waals surface area contributed by atoms with Crippen LogP contribution in [0.5, 0.6) is 0 Å². The molecule has 0 radical (unpaired) electrons. The Morgan fingerprint density at radius 3 is 2.72 bits per heavy atom. The van der Waals surface area contributed by atoms with E-state index >= 15 is 0 Å². The van der Waals surface area contributed by atoms with Gasteiger partial charge in [0.2, 0.25) is 11.7 Å². The lowest BCUT2D eigenvalue weighted by molar-refractivity contribution is -0.131. The summed E-state index contributed by atoms with van der Waals surface area (Å²) in [4.78, 5) is 20.9. The summed E-state index contributed by atoms with van der Waals surface area (Å²) in [5.41, 5.74) is 1.97. The van der Waals surface area contributed by atoms with Gasteiger partial charge in [-0.3, -0.25) is 9.48 Å². The summed E-state index contributed by atoms with van der Waals surface area (Å²) in [6.07, 6.45) is 5.01. The highest BCUT2D eigenvalue weighted by Crippen LogP contribution is 2.33. The molecule has 0 N–H and O–H groups in total. The highest BCUT2D eigenvalue weighted by atomic mass is 16.5. The van der Waals surface area contributed by atoms with Crippen LogP contribution in [0.3, 0.4) is 0 Å². The molecule has 5 rings (SSSR count). The third kappa shape index (κ3) is 3.59. The Balaban J connectivity index is 1.29. The van der Waals surface area contributed by atoms with Crippen LogP contribution < -0.4 is 4.90 Å². The molecule has 0 bridgehead atoms. The van der Waals surface area contributed by atoms with Crippen LogP contribution in [0.4, 0.5) is 6.01 Å². The summed E-state index contributed by atoms with van der Waals surface area (Å²) in [6, 6.07) is 6.90.